The van der Waals surface area contributed by atoms with Crippen LogP contribution in [0.3, 0.4) is 0 Å². The first kappa shape index (κ1) is 60.0. The van der Waals surface area contributed by atoms with Crippen LogP contribution in [-0.2, 0) is 59.3 Å². The molecule has 5 atom stereocenters. The second-order valence-electron chi connectivity index (χ2n) is 19.2. The molecule has 2 heterocycles. The third-order valence-corrected chi connectivity index (χ3v) is 13.0. The lowest BCUT2D eigenvalue weighted by atomic mass is 9.82. The number of nitrogens with two attached hydrogens (primary N) is 1. The number of amides is 7. The van der Waals surface area contributed by atoms with Crippen LogP contribution in [0, 0.1) is 23.0 Å². The van der Waals surface area contributed by atoms with Gasteiger partial charge in [0.05, 0.1) is 36.7 Å². The first-order chi connectivity index (χ1) is 35.2. The largest absolute Gasteiger partial charge is 0.481 e. The number of ketones is 2. The van der Waals surface area contributed by atoms with Gasteiger partial charge in [0.2, 0.25) is 29.5 Å². The Balaban J connectivity index is 1.54. The van der Waals surface area contributed by atoms with Crippen molar-refractivity contribution in [1.29, 1.82) is 0 Å². The van der Waals surface area contributed by atoms with Gasteiger partial charge in [0.15, 0.2) is 11.6 Å². The summed E-state index contributed by atoms with van der Waals surface area (Å²) in [4.78, 5) is 141. The van der Waals surface area contributed by atoms with Crippen molar-refractivity contribution in [3.05, 3.63) is 95.8 Å². The highest BCUT2D eigenvalue weighted by Crippen LogP contribution is 2.41. The van der Waals surface area contributed by atoms with Crippen LogP contribution >= 0.6 is 11.8 Å². The SMILES string of the molecule is C[C@H](NC(=O)CN1C(=O)C=CC1=O)C(=O)C[C@H](C)C(=O)N[C@@H](CC(N)=O)C(=O)CCCCN(C(=O)CSCCC(=O)N[C@H](CC(=O)O)C(=O)O)[C@@H](c1cc(-c2cc(F)ccc2F)cn1Cc1ccccc1)C(C)(C)C. The topological polar surface area (TPSA) is 302 Å². The zero-order chi connectivity index (χ0) is 55.7. The number of nitrogens with one attached hydrogen (secondary N) is 3. The molecule has 7 amide bonds. The molecule has 0 fully saturated rings. The van der Waals surface area contributed by atoms with Crippen LogP contribution in [0.15, 0.2) is 72.9 Å². The quantitative estimate of drug-likeness (QED) is 0.0410. The van der Waals surface area contributed by atoms with E-state index in [1.165, 1.54) is 13.8 Å². The Morgan fingerprint density at radius 3 is 2.07 bits per heavy atom. The maximum atomic E-state index is 15.4. The highest BCUT2D eigenvalue weighted by atomic mass is 32.2. The summed E-state index contributed by atoms with van der Waals surface area (Å²) in [5.41, 5.74) is 6.44. The van der Waals surface area contributed by atoms with E-state index in [0.717, 1.165) is 47.7 Å². The van der Waals surface area contributed by atoms with Crippen molar-refractivity contribution >= 4 is 76.6 Å². The molecule has 75 heavy (non-hydrogen) atoms. The summed E-state index contributed by atoms with van der Waals surface area (Å²) in [5, 5.41) is 25.5. The number of carboxylic acid groups (broad SMARTS) is 2. The number of hydrogen-bond acceptors (Lipinski definition) is 12. The number of rotatable bonds is 30. The predicted octanol–water partition coefficient (Wildman–Crippen LogP) is 3.69. The normalized spacial score (nSPS) is 14.3. The van der Waals surface area contributed by atoms with Gasteiger partial charge in [-0.2, -0.15) is 11.8 Å². The molecule has 23 heteroatoms. The van der Waals surface area contributed by atoms with E-state index in [0.29, 0.717) is 16.2 Å². The highest BCUT2D eigenvalue weighted by molar-refractivity contribution is 7.99. The lowest BCUT2D eigenvalue weighted by Gasteiger charge is -2.41. The van der Waals surface area contributed by atoms with Crippen molar-refractivity contribution in [1.82, 2.24) is 30.3 Å². The summed E-state index contributed by atoms with van der Waals surface area (Å²) in [6.45, 7) is 8.08. The number of unbranched alkanes of at least 4 members (excludes halogenated alkanes) is 1. The maximum Gasteiger partial charge on any atom is 0.326 e. The summed E-state index contributed by atoms with van der Waals surface area (Å²) >= 11 is 1.06. The van der Waals surface area contributed by atoms with Crippen molar-refractivity contribution in [2.24, 2.45) is 17.1 Å². The molecule has 1 aliphatic heterocycles. The minimum absolute atomic E-state index is 0.0168. The first-order valence-electron chi connectivity index (χ1n) is 24.0. The second-order valence-corrected chi connectivity index (χ2v) is 20.3. The van der Waals surface area contributed by atoms with Crippen LogP contribution in [0.4, 0.5) is 8.78 Å². The lowest BCUT2D eigenvalue weighted by Crippen LogP contribution is -2.47. The highest BCUT2D eigenvalue weighted by Gasteiger charge is 2.38. The van der Waals surface area contributed by atoms with Crippen LogP contribution in [0.25, 0.3) is 11.1 Å². The van der Waals surface area contributed by atoms with Crippen molar-refractivity contribution in [3.63, 3.8) is 0 Å². The molecule has 3 aromatic rings. The molecule has 0 radical (unpaired) electrons. The van der Waals surface area contributed by atoms with Gasteiger partial charge in [0, 0.05) is 79.2 Å². The molecule has 0 aliphatic carbocycles. The first-order valence-corrected chi connectivity index (χ1v) is 25.2. The number of aromatic nitrogens is 1. The Kier molecular flexibility index (Phi) is 22.1. The molecule has 0 unspecified atom stereocenters. The number of hydrogen-bond donors (Lipinski definition) is 6. The molecule has 404 valence electrons. The van der Waals surface area contributed by atoms with Crippen LogP contribution in [-0.4, -0.2) is 132 Å². The average Bonchev–Trinajstić information content (AvgIpc) is 3.88. The molecule has 0 saturated heterocycles. The van der Waals surface area contributed by atoms with E-state index in [2.05, 4.69) is 16.0 Å². The standard InChI is InChI=1S/C52H63F2N7O13S/c1-30(21-41(63)31(2)56-44(66)28-61-45(67)16-17-46(61)68)50(72)58-37(24-42(55)64)40(62)13-9-10-19-60(47(69)29-75-20-18-43(65)57-38(51(73)74)25-48(70)71)49(52(3,4)5)39-22-33(35-23-34(53)14-15-36(35)54)27-59(39)26-32-11-7-6-8-12-32/h6-8,11-12,14-17,22-23,27,30-31,37-38,49H,9-10,13,18-21,24-26,28-29H2,1-5H3,(H2,55,64)(H,56,66)(H,57,65)(H,58,72)(H,70,71)(H,73,74)/t30-,31-,37-,38+,49-/m0/s1. The summed E-state index contributed by atoms with van der Waals surface area (Å²) in [6, 6.07) is 9.12. The summed E-state index contributed by atoms with van der Waals surface area (Å²) in [6.07, 6.45) is 1.72. The molecular formula is C52H63F2N7O13S. The van der Waals surface area contributed by atoms with Crippen molar-refractivity contribution < 1.29 is 71.7 Å². The Morgan fingerprint density at radius 2 is 1.45 bits per heavy atom. The monoisotopic (exact) mass is 1060 g/mol. The molecule has 1 aromatic heterocycles. The Bertz CT molecular complexity index is 2650. The van der Waals surface area contributed by atoms with Crippen LogP contribution in [0.1, 0.15) is 96.9 Å². The number of primary amides is 1. The molecule has 4 rings (SSSR count). The second kappa shape index (κ2) is 27.7. The number of benzene rings is 2. The number of nitrogens with zero attached hydrogens (tertiary/aromatic N) is 3. The van der Waals surface area contributed by atoms with Gasteiger partial charge in [0.1, 0.15) is 24.2 Å². The van der Waals surface area contributed by atoms with Gasteiger partial charge in [-0.05, 0) is 55.0 Å². The molecule has 0 bridgehead atoms. The van der Waals surface area contributed by atoms with Gasteiger partial charge in [-0.1, -0.05) is 58.0 Å². The molecule has 0 spiro atoms. The van der Waals surface area contributed by atoms with Crippen LogP contribution in [0.5, 0.6) is 0 Å². The molecule has 7 N–H and O–H groups in total. The number of thioether (sulfide) groups is 1. The molecule has 0 saturated carbocycles. The fourth-order valence-electron chi connectivity index (χ4n) is 8.24. The van der Waals surface area contributed by atoms with Gasteiger partial charge < -0.3 is 41.4 Å². The van der Waals surface area contributed by atoms with E-state index in [1.54, 1.807) is 17.2 Å². The minimum Gasteiger partial charge on any atom is -0.481 e. The van der Waals surface area contributed by atoms with Crippen LogP contribution < -0.4 is 21.7 Å². The van der Waals surface area contributed by atoms with Gasteiger partial charge in [0.25, 0.3) is 11.8 Å². The zero-order valence-corrected chi connectivity index (χ0v) is 43.1. The van der Waals surface area contributed by atoms with E-state index in [9.17, 15) is 62.2 Å². The number of Topliss-reactive ketones (excluding diaryl/α,β-unsaturated/α-hetero) is 2. The predicted molar refractivity (Wildman–Crippen MR) is 270 cm³/mol. The van der Waals surface area contributed by atoms with Gasteiger partial charge in [-0.15, -0.1) is 0 Å². The molecule has 20 nitrogen and oxygen atoms in total. The summed E-state index contributed by atoms with van der Waals surface area (Å²) < 4.78 is 31.9. The van der Waals surface area contributed by atoms with E-state index < -0.39 is 138 Å². The number of carbonyl (C=O) groups excluding carboxylic acids is 9. The molecule has 1 aliphatic rings. The van der Waals surface area contributed by atoms with Crippen molar-refractivity contribution in [2.45, 2.75) is 110 Å². The summed E-state index contributed by atoms with van der Waals surface area (Å²) in [5.74, 6) is -11.7. The van der Waals surface area contributed by atoms with Gasteiger partial charge in [-0.25, -0.2) is 13.6 Å². The molecular weight excluding hydrogens is 1000 g/mol. The zero-order valence-electron chi connectivity index (χ0n) is 42.3. The van der Waals surface area contributed by atoms with Crippen molar-refractivity contribution in [2.75, 3.05) is 24.6 Å². The number of carboxylic acids is 2. The average molecular weight is 1060 g/mol. The lowest BCUT2D eigenvalue weighted by molar-refractivity contribution is -0.147. The Morgan fingerprint density at radius 1 is 0.787 bits per heavy atom. The third kappa shape index (κ3) is 18.4. The number of aliphatic carboxylic acids is 2. The minimum atomic E-state index is -1.66. The van der Waals surface area contributed by atoms with E-state index >= 15 is 4.39 Å². The van der Waals surface area contributed by atoms with E-state index in [4.69, 9.17) is 10.8 Å². The fraction of sp³-hybridized carbons (Fsp3) is 0.442. The van der Waals surface area contributed by atoms with E-state index in [-0.39, 0.29) is 55.8 Å². The smallest absolute Gasteiger partial charge is 0.326 e. The van der Waals surface area contributed by atoms with Crippen LogP contribution in [0.2, 0.25) is 0 Å². The number of imide groups is 1. The Hall–Kier alpha value is -7.56. The Labute approximate surface area is 436 Å². The fourth-order valence-corrected chi connectivity index (χ4v) is 9.06. The number of halogens is 2. The van der Waals surface area contributed by atoms with Gasteiger partial charge >= 0.3 is 11.9 Å². The van der Waals surface area contributed by atoms with E-state index in [1.807, 2.05) is 55.7 Å². The molecule has 2 aromatic carbocycles. The maximum absolute atomic E-state index is 15.4. The number of carbonyl (C=O) groups is 11. The summed E-state index contributed by atoms with van der Waals surface area (Å²) in [7, 11) is 0. The third-order valence-electron chi connectivity index (χ3n) is 12.0. The van der Waals surface area contributed by atoms with Crippen molar-refractivity contribution in [3.8, 4) is 11.1 Å². The van der Waals surface area contributed by atoms with Gasteiger partial charge in [-0.3, -0.25) is 52.8 Å².